The molecule has 1 aromatic rings. The summed E-state index contributed by atoms with van der Waals surface area (Å²) in [5.41, 5.74) is 0. The third kappa shape index (κ3) is 5.62. The highest BCUT2D eigenvalue weighted by atomic mass is 16.5. The second-order valence-electron chi connectivity index (χ2n) is 5.24. The van der Waals surface area contributed by atoms with Gasteiger partial charge in [0.1, 0.15) is 12.4 Å². The average molecular weight is 263 g/mol. The fourth-order valence-corrected chi connectivity index (χ4v) is 2.35. The van der Waals surface area contributed by atoms with Crippen molar-refractivity contribution in [2.24, 2.45) is 0 Å². The summed E-state index contributed by atoms with van der Waals surface area (Å²) in [6.45, 7) is 3.74. The molecule has 1 heterocycles. The van der Waals surface area contributed by atoms with Gasteiger partial charge in [0.2, 0.25) is 0 Å². The molecule has 0 aliphatic carbocycles. The summed E-state index contributed by atoms with van der Waals surface area (Å²) >= 11 is 0. The number of nitrogens with zero attached hydrogens (tertiary/aromatic N) is 1. The van der Waals surface area contributed by atoms with Crippen molar-refractivity contribution in [2.75, 3.05) is 33.4 Å². The molecule has 0 N–H and O–H groups in total. The molecule has 3 heteroatoms. The fraction of sp³-hybridized carbons (Fsp3) is 0.625. The number of rotatable bonds is 7. The van der Waals surface area contributed by atoms with Crippen molar-refractivity contribution in [2.45, 2.75) is 31.8 Å². The maximum absolute atomic E-state index is 5.74. The molecule has 0 radical (unpaired) electrons. The molecule has 106 valence electrons. The van der Waals surface area contributed by atoms with Crippen molar-refractivity contribution in [3.63, 3.8) is 0 Å². The summed E-state index contributed by atoms with van der Waals surface area (Å²) in [6, 6.07) is 9.99. The van der Waals surface area contributed by atoms with Gasteiger partial charge in [-0.15, -0.1) is 0 Å². The standard InChI is InChI=1S/C16H25NO2/c1-17(11-10-16-9-5-6-13-18-16)12-14-19-15-7-3-2-4-8-15/h2-4,7-8,16H,5-6,9-14H2,1H3. The number of hydrogen-bond donors (Lipinski definition) is 0. The minimum Gasteiger partial charge on any atom is -0.492 e. The van der Waals surface area contributed by atoms with Gasteiger partial charge < -0.3 is 14.4 Å². The topological polar surface area (TPSA) is 21.7 Å². The summed E-state index contributed by atoms with van der Waals surface area (Å²) in [5.74, 6) is 0.950. The largest absolute Gasteiger partial charge is 0.492 e. The molecule has 1 atom stereocenters. The summed E-state index contributed by atoms with van der Waals surface area (Å²) in [6.07, 6.45) is 5.41. The van der Waals surface area contributed by atoms with Crippen molar-refractivity contribution >= 4 is 0 Å². The van der Waals surface area contributed by atoms with Gasteiger partial charge in [0.05, 0.1) is 6.10 Å². The highest BCUT2D eigenvalue weighted by molar-refractivity contribution is 5.20. The lowest BCUT2D eigenvalue weighted by molar-refractivity contribution is 0.00630. The van der Waals surface area contributed by atoms with Crippen molar-refractivity contribution in [3.8, 4) is 5.75 Å². The summed E-state index contributed by atoms with van der Waals surface area (Å²) in [7, 11) is 2.15. The highest BCUT2D eigenvalue weighted by Gasteiger charge is 2.14. The Hall–Kier alpha value is -1.06. The van der Waals surface area contributed by atoms with Gasteiger partial charge in [-0.25, -0.2) is 0 Å². The van der Waals surface area contributed by atoms with Gasteiger partial charge in [0.25, 0.3) is 0 Å². The molecule has 0 bridgehead atoms. The number of hydrogen-bond acceptors (Lipinski definition) is 3. The Labute approximate surface area is 116 Å². The summed E-state index contributed by atoms with van der Waals surface area (Å²) in [5, 5.41) is 0. The maximum Gasteiger partial charge on any atom is 0.119 e. The first kappa shape index (κ1) is 14.4. The Morgan fingerprint density at radius 2 is 2.05 bits per heavy atom. The van der Waals surface area contributed by atoms with Crippen LogP contribution in [0.3, 0.4) is 0 Å². The van der Waals surface area contributed by atoms with E-state index in [1.807, 2.05) is 30.3 Å². The number of para-hydroxylation sites is 1. The zero-order chi connectivity index (χ0) is 13.3. The zero-order valence-corrected chi connectivity index (χ0v) is 11.9. The molecule has 0 spiro atoms. The molecular weight excluding hydrogens is 238 g/mol. The number of ether oxygens (including phenoxy) is 2. The summed E-state index contributed by atoms with van der Waals surface area (Å²) < 4.78 is 11.4. The minimum atomic E-state index is 0.478. The van der Waals surface area contributed by atoms with Gasteiger partial charge in [-0.05, 0) is 44.9 Å². The molecule has 3 nitrogen and oxygen atoms in total. The number of benzene rings is 1. The van der Waals surface area contributed by atoms with E-state index in [1.165, 1.54) is 19.3 Å². The van der Waals surface area contributed by atoms with Crippen LogP contribution in [0.2, 0.25) is 0 Å². The Bertz CT molecular complexity index is 336. The lowest BCUT2D eigenvalue weighted by atomic mass is 10.1. The highest BCUT2D eigenvalue weighted by Crippen LogP contribution is 2.15. The van der Waals surface area contributed by atoms with E-state index in [2.05, 4.69) is 11.9 Å². The molecule has 1 saturated heterocycles. The molecular formula is C16H25NO2. The Morgan fingerprint density at radius 1 is 1.21 bits per heavy atom. The third-order valence-electron chi connectivity index (χ3n) is 3.59. The fourth-order valence-electron chi connectivity index (χ4n) is 2.35. The first-order chi connectivity index (χ1) is 9.34. The van der Waals surface area contributed by atoms with Crippen LogP contribution in [0.15, 0.2) is 30.3 Å². The van der Waals surface area contributed by atoms with Crippen LogP contribution < -0.4 is 4.74 Å². The van der Waals surface area contributed by atoms with Crippen molar-refractivity contribution in [3.05, 3.63) is 30.3 Å². The lowest BCUT2D eigenvalue weighted by Gasteiger charge is -2.25. The van der Waals surface area contributed by atoms with E-state index in [1.54, 1.807) is 0 Å². The molecule has 1 fully saturated rings. The van der Waals surface area contributed by atoms with E-state index in [-0.39, 0.29) is 0 Å². The average Bonchev–Trinajstić information content (AvgIpc) is 2.47. The van der Waals surface area contributed by atoms with E-state index < -0.39 is 0 Å². The summed E-state index contributed by atoms with van der Waals surface area (Å²) in [4.78, 5) is 2.32. The molecule has 19 heavy (non-hydrogen) atoms. The van der Waals surface area contributed by atoms with Gasteiger partial charge in [0.15, 0.2) is 0 Å². The van der Waals surface area contributed by atoms with Crippen LogP contribution >= 0.6 is 0 Å². The second-order valence-corrected chi connectivity index (χ2v) is 5.24. The predicted molar refractivity (Wildman–Crippen MR) is 77.6 cm³/mol. The molecule has 1 aromatic carbocycles. The number of likely N-dealkylation sites (N-methyl/N-ethyl adjacent to an activating group) is 1. The van der Waals surface area contributed by atoms with E-state index in [0.29, 0.717) is 6.10 Å². The molecule has 1 aliphatic heterocycles. The van der Waals surface area contributed by atoms with Crippen LogP contribution in [0.25, 0.3) is 0 Å². The third-order valence-corrected chi connectivity index (χ3v) is 3.59. The van der Waals surface area contributed by atoms with Crippen LogP contribution in [-0.2, 0) is 4.74 Å². The SMILES string of the molecule is CN(CCOc1ccccc1)CCC1CCCCO1. The molecule has 1 unspecified atom stereocenters. The van der Waals surface area contributed by atoms with Crippen LogP contribution in [0.4, 0.5) is 0 Å². The van der Waals surface area contributed by atoms with Crippen LogP contribution in [0.5, 0.6) is 5.75 Å². The van der Waals surface area contributed by atoms with Crippen LogP contribution in [0.1, 0.15) is 25.7 Å². The van der Waals surface area contributed by atoms with Gasteiger partial charge in [-0.1, -0.05) is 18.2 Å². The Kier molecular flexibility index (Phi) is 6.18. The normalized spacial score (nSPS) is 19.6. The smallest absolute Gasteiger partial charge is 0.119 e. The first-order valence-corrected chi connectivity index (χ1v) is 7.32. The molecule has 2 rings (SSSR count). The van der Waals surface area contributed by atoms with Crippen molar-refractivity contribution in [1.29, 1.82) is 0 Å². The van der Waals surface area contributed by atoms with Gasteiger partial charge >= 0.3 is 0 Å². The molecule has 0 aromatic heterocycles. The van der Waals surface area contributed by atoms with Gasteiger partial charge in [-0.2, -0.15) is 0 Å². The van der Waals surface area contributed by atoms with E-state index in [4.69, 9.17) is 9.47 Å². The first-order valence-electron chi connectivity index (χ1n) is 7.32. The predicted octanol–water partition coefficient (Wildman–Crippen LogP) is 2.96. The van der Waals surface area contributed by atoms with Gasteiger partial charge in [-0.3, -0.25) is 0 Å². The molecule has 0 saturated carbocycles. The van der Waals surface area contributed by atoms with Crippen molar-refractivity contribution < 1.29 is 9.47 Å². The second kappa shape index (κ2) is 8.18. The minimum absolute atomic E-state index is 0.478. The van der Waals surface area contributed by atoms with Crippen LogP contribution in [0, 0.1) is 0 Å². The lowest BCUT2D eigenvalue weighted by Crippen LogP contribution is -2.29. The maximum atomic E-state index is 5.74. The monoisotopic (exact) mass is 263 g/mol. The quantitative estimate of drug-likeness (QED) is 0.755. The Balaban J connectivity index is 1.55. The molecule has 0 amide bonds. The van der Waals surface area contributed by atoms with E-state index in [0.717, 1.165) is 38.5 Å². The Morgan fingerprint density at radius 3 is 2.79 bits per heavy atom. The van der Waals surface area contributed by atoms with E-state index >= 15 is 0 Å². The molecule has 1 aliphatic rings. The van der Waals surface area contributed by atoms with Crippen molar-refractivity contribution in [1.82, 2.24) is 4.90 Å². The zero-order valence-electron chi connectivity index (χ0n) is 11.9. The van der Waals surface area contributed by atoms with E-state index in [9.17, 15) is 0 Å². The van der Waals surface area contributed by atoms with Gasteiger partial charge in [0, 0.05) is 19.7 Å². The van der Waals surface area contributed by atoms with Crippen LogP contribution in [-0.4, -0.2) is 44.4 Å².